The number of carbonyl (C=O) groups excluding carboxylic acids is 1. The molecule has 0 aliphatic carbocycles. The molecule has 0 saturated heterocycles. The summed E-state index contributed by atoms with van der Waals surface area (Å²) < 4.78 is 4.87. The average Bonchev–Trinajstić information content (AvgIpc) is 2.36. The molecule has 110 valence electrons. The van der Waals surface area contributed by atoms with E-state index in [4.69, 9.17) is 4.74 Å². The van der Waals surface area contributed by atoms with Gasteiger partial charge in [-0.3, -0.25) is 5.32 Å². The summed E-state index contributed by atoms with van der Waals surface area (Å²) in [5.74, 6) is 0.416. The van der Waals surface area contributed by atoms with Gasteiger partial charge >= 0.3 is 6.09 Å². The summed E-state index contributed by atoms with van der Waals surface area (Å²) in [6, 6.07) is 9.85. The van der Waals surface area contributed by atoms with Gasteiger partial charge in [-0.1, -0.05) is 30.3 Å². The van der Waals surface area contributed by atoms with Crippen molar-refractivity contribution in [3.8, 4) is 0 Å². The van der Waals surface area contributed by atoms with Gasteiger partial charge in [0.1, 0.15) is 0 Å². The number of rotatable bonds is 3. The lowest BCUT2D eigenvalue weighted by molar-refractivity contribution is 0.157. The lowest BCUT2D eigenvalue weighted by atomic mass is 10.1. The van der Waals surface area contributed by atoms with E-state index in [1.54, 1.807) is 6.92 Å². The van der Waals surface area contributed by atoms with Crippen LogP contribution in [0.5, 0.6) is 0 Å². The van der Waals surface area contributed by atoms with E-state index in [0.29, 0.717) is 19.1 Å². The number of ether oxygens (including phenoxy) is 1. The van der Waals surface area contributed by atoms with Crippen LogP contribution in [-0.4, -0.2) is 24.2 Å². The number of guanidine groups is 1. The van der Waals surface area contributed by atoms with E-state index in [9.17, 15) is 4.79 Å². The lowest BCUT2D eigenvalue weighted by Gasteiger charge is -2.23. The predicted molar refractivity (Wildman–Crippen MR) is 80.6 cm³/mol. The molecular formula is C15H23N3O2. The van der Waals surface area contributed by atoms with Gasteiger partial charge in [0.25, 0.3) is 0 Å². The van der Waals surface area contributed by atoms with Crippen molar-refractivity contribution in [2.75, 3.05) is 6.61 Å². The molecule has 0 radical (unpaired) electrons. The van der Waals surface area contributed by atoms with Crippen molar-refractivity contribution >= 4 is 12.1 Å². The van der Waals surface area contributed by atoms with Gasteiger partial charge in [-0.25, -0.2) is 9.79 Å². The summed E-state index contributed by atoms with van der Waals surface area (Å²) in [5.41, 5.74) is 0.876. The molecule has 20 heavy (non-hydrogen) atoms. The molecule has 0 saturated carbocycles. The minimum Gasteiger partial charge on any atom is -0.450 e. The first-order valence-corrected chi connectivity index (χ1v) is 6.71. The number of hydrogen-bond acceptors (Lipinski definition) is 3. The molecule has 5 nitrogen and oxygen atoms in total. The number of nitrogens with zero attached hydrogens (tertiary/aromatic N) is 1. The van der Waals surface area contributed by atoms with Crippen molar-refractivity contribution in [2.24, 2.45) is 4.99 Å². The monoisotopic (exact) mass is 277 g/mol. The Kier molecular flexibility index (Phi) is 6.03. The van der Waals surface area contributed by atoms with Gasteiger partial charge in [-0.05, 0) is 33.3 Å². The van der Waals surface area contributed by atoms with E-state index >= 15 is 0 Å². The van der Waals surface area contributed by atoms with Crippen LogP contribution in [0.1, 0.15) is 33.3 Å². The van der Waals surface area contributed by atoms with E-state index in [1.807, 2.05) is 51.1 Å². The third kappa shape index (κ3) is 6.78. The normalized spacial score (nSPS) is 11.9. The fourth-order valence-corrected chi connectivity index (χ4v) is 1.48. The predicted octanol–water partition coefficient (Wildman–Crippen LogP) is 2.68. The summed E-state index contributed by atoms with van der Waals surface area (Å²) >= 11 is 0. The maximum atomic E-state index is 11.5. The number of benzene rings is 1. The Bertz CT molecular complexity index is 450. The maximum Gasteiger partial charge on any atom is 0.413 e. The zero-order valence-corrected chi connectivity index (χ0v) is 12.6. The van der Waals surface area contributed by atoms with Crippen LogP contribution in [0.3, 0.4) is 0 Å². The molecule has 2 N–H and O–H groups in total. The van der Waals surface area contributed by atoms with Crippen LogP contribution >= 0.6 is 0 Å². The molecule has 0 heterocycles. The molecule has 0 aliphatic heterocycles. The SMILES string of the molecule is CCOC(=O)NC(=NCc1ccccc1)NC(C)(C)C. The van der Waals surface area contributed by atoms with Crippen molar-refractivity contribution in [3.05, 3.63) is 35.9 Å². The third-order valence-electron chi connectivity index (χ3n) is 2.25. The molecule has 0 aromatic heterocycles. The highest BCUT2D eigenvalue weighted by molar-refractivity contribution is 5.94. The van der Waals surface area contributed by atoms with Crippen molar-refractivity contribution in [2.45, 2.75) is 39.8 Å². The Morgan fingerprint density at radius 1 is 1.25 bits per heavy atom. The number of aliphatic imine (C=N–C) groups is 1. The van der Waals surface area contributed by atoms with E-state index < -0.39 is 6.09 Å². The van der Waals surface area contributed by atoms with Gasteiger partial charge in [-0.15, -0.1) is 0 Å². The van der Waals surface area contributed by atoms with Gasteiger partial charge in [0.15, 0.2) is 0 Å². The molecule has 1 rings (SSSR count). The molecule has 1 aromatic carbocycles. The third-order valence-corrected chi connectivity index (χ3v) is 2.25. The number of alkyl carbamates (subject to hydrolysis) is 1. The zero-order chi connectivity index (χ0) is 15.0. The van der Waals surface area contributed by atoms with Gasteiger partial charge in [0.05, 0.1) is 13.2 Å². The molecule has 0 fully saturated rings. The number of carbonyl (C=O) groups is 1. The van der Waals surface area contributed by atoms with E-state index in [-0.39, 0.29) is 5.54 Å². The molecule has 0 spiro atoms. The second-order valence-corrected chi connectivity index (χ2v) is 5.37. The lowest BCUT2D eigenvalue weighted by Crippen LogP contribution is -2.49. The molecular weight excluding hydrogens is 254 g/mol. The molecule has 0 atom stereocenters. The average molecular weight is 277 g/mol. The number of hydrogen-bond donors (Lipinski definition) is 2. The van der Waals surface area contributed by atoms with Crippen LogP contribution in [0.2, 0.25) is 0 Å². The Morgan fingerprint density at radius 2 is 1.90 bits per heavy atom. The summed E-state index contributed by atoms with van der Waals surface area (Å²) in [7, 11) is 0. The molecule has 0 bridgehead atoms. The number of nitrogens with one attached hydrogen (secondary N) is 2. The topological polar surface area (TPSA) is 62.7 Å². The quantitative estimate of drug-likeness (QED) is 0.659. The zero-order valence-electron chi connectivity index (χ0n) is 12.6. The first-order chi connectivity index (χ1) is 9.40. The highest BCUT2D eigenvalue weighted by atomic mass is 16.5. The Balaban J connectivity index is 2.73. The van der Waals surface area contributed by atoms with Crippen molar-refractivity contribution in [1.29, 1.82) is 0 Å². The van der Waals surface area contributed by atoms with Crippen molar-refractivity contribution < 1.29 is 9.53 Å². The summed E-state index contributed by atoms with van der Waals surface area (Å²) in [4.78, 5) is 15.9. The highest BCUT2D eigenvalue weighted by Gasteiger charge is 2.14. The fourth-order valence-electron chi connectivity index (χ4n) is 1.48. The summed E-state index contributed by atoms with van der Waals surface area (Å²) in [6.45, 7) is 8.57. The second-order valence-electron chi connectivity index (χ2n) is 5.37. The van der Waals surface area contributed by atoms with Gasteiger partial charge < -0.3 is 10.1 Å². The Labute approximate surface area is 120 Å². The van der Waals surface area contributed by atoms with Crippen LogP contribution in [0.15, 0.2) is 35.3 Å². The van der Waals surface area contributed by atoms with Crippen molar-refractivity contribution in [1.82, 2.24) is 10.6 Å². The Hall–Kier alpha value is -2.04. The highest BCUT2D eigenvalue weighted by Crippen LogP contribution is 2.02. The fraction of sp³-hybridized carbons (Fsp3) is 0.467. The summed E-state index contributed by atoms with van der Waals surface area (Å²) in [5, 5.41) is 5.78. The first kappa shape index (κ1) is 16.0. The number of amides is 1. The summed E-state index contributed by atoms with van der Waals surface area (Å²) in [6.07, 6.45) is -0.504. The van der Waals surface area contributed by atoms with Crippen molar-refractivity contribution in [3.63, 3.8) is 0 Å². The van der Waals surface area contributed by atoms with Gasteiger partial charge in [-0.2, -0.15) is 0 Å². The molecule has 1 aromatic rings. The van der Waals surface area contributed by atoms with Crippen LogP contribution in [0, 0.1) is 0 Å². The Morgan fingerprint density at radius 3 is 2.45 bits per heavy atom. The van der Waals surface area contributed by atoms with Gasteiger partial charge in [0, 0.05) is 5.54 Å². The van der Waals surface area contributed by atoms with E-state index in [1.165, 1.54) is 0 Å². The van der Waals surface area contributed by atoms with E-state index in [0.717, 1.165) is 5.56 Å². The second kappa shape index (κ2) is 7.53. The van der Waals surface area contributed by atoms with Crippen LogP contribution in [-0.2, 0) is 11.3 Å². The smallest absolute Gasteiger partial charge is 0.413 e. The van der Waals surface area contributed by atoms with Gasteiger partial charge in [0.2, 0.25) is 5.96 Å². The minimum atomic E-state index is -0.504. The van der Waals surface area contributed by atoms with Crippen LogP contribution in [0.25, 0.3) is 0 Å². The standard InChI is InChI=1S/C15H23N3O2/c1-5-20-14(19)17-13(18-15(2,3)4)16-11-12-9-7-6-8-10-12/h6-10H,5,11H2,1-4H3,(H2,16,17,18,19). The first-order valence-electron chi connectivity index (χ1n) is 6.71. The maximum absolute atomic E-state index is 11.5. The van der Waals surface area contributed by atoms with E-state index in [2.05, 4.69) is 15.6 Å². The largest absolute Gasteiger partial charge is 0.450 e. The molecule has 0 aliphatic rings. The molecule has 1 amide bonds. The van der Waals surface area contributed by atoms with Crippen LogP contribution < -0.4 is 10.6 Å². The van der Waals surface area contributed by atoms with Crippen LogP contribution in [0.4, 0.5) is 4.79 Å². The molecule has 0 unspecified atom stereocenters. The minimum absolute atomic E-state index is 0.199. The molecule has 5 heteroatoms.